The number of benzene rings is 2. The summed E-state index contributed by atoms with van der Waals surface area (Å²) in [6.07, 6.45) is 0. The molecule has 0 aromatic heterocycles. The van der Waals surface area contributed by atoms with E-state index in [4.69, 9.17) is 5.26 Å². The third-order valence-electron chi connectivity index (χ3n) is 2.83. The number of nitrogens with zero attached hydrogens (tertiary/aromatic N) is 1. The van der Waals surface area contributed by atoms with E-state index in [1.165, 1.54) is 30.3 Å². The molecule has 0 saturated carbocycles. The Morgan fingerprint density at radius 2 is 1.60 bits per heavy atom. The van der Waals surface area contributed by atoms with E-state index in [0.717, 1.165) is 10.0 Å². The molecule has 0 aliphatic heterocycles. The van der Waals surface area contributed by atoms with Gasteiger partial charge < -0.3 is 5.32 Å². The summed E-state index contributed by atoms with van der Waals surface area (Å²) in [6.45, 7) is 0.753. The highest BCUT2D eigenvalue weighted by atomic mass is 79.9. The van der Waals surface area contributed by atoms with Crippen molar-refractivity contribution in [2.45, 2.75) is 13.1 Å². The molecule has 2 nitrogen and oxygen atoms in total. The van der Waals surface area contributed by atoms with Gasteiger partial charge in [-0.2, -0.15) is 5.26 Å². The summed E-state index contributed by atoms with van der Waals surface area (Å²) in [5, 5.41) is 12.0. The lowest BCUT2D eigenvalue weighted by molar-refractivity contribution is 0.614. The fourth-order valence-corrected chi connectivity index (χ4v) is 2.22. The van der Waals surface area contributed by atoms with Crippen molar-refractivity contribution in [2.75, 3.05) is 0 Å². The Kier molecular flexibility index (Phi) is 4.83. The Morgan fingerprint density at radius 1 is 1.00 bits per heavy atom. The van der Waals surface area contributed by atoms with Gasteiger partial charge in [0, 0.05) is 17.6 Å². The third kappa shape index (κ3) is 3.62. The normalized spacial score (nSPS) is 10.3. The zero-order valence-corrected chi connectivity index (χ0v) is 12.0. The fourth-order valence-electron chi connectivity index (χ4n) is 1.83. The van der Waals surface area contributed by atoms with Crippen LogP contribution in [-0.4, -0.2) is 0 Å². The summed E-state index contributed by atoms with van der Waals surface area (Å²) >= 11 is 3.34. The maximum Gasteiger partial charge on any atom is 0.123 e. The highest BCUT2D eigenvalue weighted by Crippen LogP contribution is 2.18. The van der Waals surface area contributed by atoms with Crippen LogP contribution in [0.5, 0.6) is 0 Å². The Labute approximate surface area is 124 Å². The third-order valence-corrected chi connectivity index (χ3v) is 3.60. The van der Waals surface area contributed by atoms with Crippen LogP contribution in [0.2, 0.25) is 0 Å². The lowest BCUT2D eigenvalue weighted by Gasteiger charge is -2.08. The van der Waals surface area contributed by atoms with E-state index in [-0.39, 0.29) is 11.6 Å². The van der Waals surface area contributed by atoms with E-state index >= 15 is 0 Å². The van der Waals surface area contributed by atoms with Crippen molar-refractivity contribution in [1.29, 1.82) is 5.26 Å². The highest BCUT2D eigenvalue weighted by molar-refractivity contribution is 9.10. The average Bonchev–Trinajstić information content (AvgIpc) is 2.43. The van der Waals surface area contributed by atoms with Crippen LogP contribution in [0, 0.1) is 23.0 Å². The predicted molar refractivity (Wildman–Crippen MR) is 75.8 cm³/mol. The van der Waals surface area contributed by atoms with Gasteiger partial charge in [0.1, 0.15) is 11.6 Å². The molecule has 20 heavy (non-hydrogen) atoms. The average molecular weight is 337 g/mol. The maximum atomic E-state index is 13.2. The quantitative estimate of drug-likeness (QED) is 0.919. The maximum absolute atomic E-state index is 13.2. The largest absolute Gasteiger partial charge is 0.309 e. The van der Waals surface area contributed by atoms with Crippen molar-refractivity contribution in [1.82, 2.24) is 5.32 Å². The molecule has 2 rings (SSSR count). The number of nitrogens with one attached hydrogen (secondary N) is 1. The Balaban J connectivity index is 2.05. The summed E-state index contributed by atoms with van der Waals surface area (Å²) in [6, 6.07) is 10.5. The second-order valence-corrected chi connectivity index (χ2v) is 5.11. The van der Waals surface area contributed by atoms with Gasteiger partial charge in [0.25, 0.3) is 0 Å². The van der Waals surface area contributed by atoms with Crippen LogP contribution >= 0.6 is 15.9 Å². The van der Waals surface area contributed by atoms with E-state index in [0.29, 0.717) is 24.2 Å². The first-order chi connectivity index (χ1) is 9.60. The number of nitriles is 1. The van der Waals surface area contributed by atoms with E-state index in [1.807, 2.05) is 6.07 Å². The first-order valence-electron chi connectivity index (χ1n) is 5.93. The van der Waals surface area contributed by atoms with Gasteiger partial charge in [-0.05, 0) is 47.5 Å². The van der Waals surface area contributed by atoms with Crippen molar-refractivity contribution in [3.05, 3.63) is 69.2 Å². The van der Waals surface area contributed by atoms with Crippen molar-refractivity contribution < 1.29 is 8.78 Å². The lowest BCUT2D eigenvalue weighted by atomic mass is 10.1. The van der Waals surface area contributed by atoms with Gasteiger partial charge in [-0.3, -0.25) is 0 Å². The molecule has 5 heteroatoms. The van der Waals surface area contributed by atoms with Gasteiger partial charge >= 0.3 is 0 Å². The summed E-state index contributed by atoms with van der Waals surface area (Å²) in [7, 11) is 0. The minimum absolute atomic E-state index is 0.312. The van der Waals surface area contributed by atoms with E-state index in [1.54, 1.807) is 6.07 Å². The summed E-state index contributed by atoms with van der Waals surface area (Å²) in [5.74, 6) is -0.693. The second-order valence-electron chi connectivity index (χ2n) is 4.25. The molecule has 0 unspecified atom stereocenters. The molecular formula is C15H11BrF2N2. The number of hydrogen-bond donors (Lipinski definition) is 1. The van der Waals surface area contributed by atoms with Crippen molar-refractivity contribution in [3.63, 3.8) is 0 Å². The van der Waals surface area contributed by atoms with Gasteiger partial charge in [0.15, 0.2) is 0 Å². The van der Waals surface area contributed by atoms with Crippen LogP contribution in [-0.2, 0) is 13.1 Å². The molecule has 0 fully saturated rings. The Hall–Kier alpha value is -1.77. The van der Waals surface area contributed by atoms with Crippen molar-refractivity contribution in [2.24, 2.45) is 0 Å². The van der Waals surface area contributed by atoms with Crippen LogP contribution in [0.3, 0.4) is 0 Å². The number of halogens is 3. The van der Waals surface area contributed by atoms with Crippen LogP contribution in [0.1, 0.15) is 16.7 Å². The topological polar surface area (TPSA) is 35.8 Å². The fraction of sp³-hybridized carbons (Fsp3) is 0.133. The first-order valence-corrected chi connectivity index (χ1v) is 6.72. The van der Waals surface area contributed by atoms with Gasteiger partial charge in [0.2, 0.25) is 0 Å². The molecule has 102 valence electrons. The van der Waals surface area contributed by atoms with Crippen LogP contribution in [0.4, 0.5) is 8.78 Å². The minimum atomic E-state index is -0.382. The lowest BCUT2D eigenvalue weighted by Crippen LogP contribution is -2.14. The molecule has 0 saturated heterocycles. The van der Waals surface area contributed by atoms with Gasteiger partial charge in [0.05, 0.1) is 11.6 Å². The predicted octanol–water partition coefficient (Wildman–Crippen LogP) is 3.89. The number of rotatable bonds is 4. The second kappa shape index (κ2) is 6.60. The molecule has 1 N–H and O–H groups in total. The molecule has 0 aliphatic rings. The molecule has 0 aliphatic carbocycles. The summed E-state index contributed by atoms with van der Waals surface area (Å²) < 4.78 is 27.1. The summed E-state index contributed by atoms with van der Waals surface area (Å²) in [5.41, 5.74) is 1.78. The molecule has 2 aromatic rings. The van der Waals surface area contributed by atoms with Crippen LogP contribution < -0.4 is 5.32 Å². The minimum Gasteiger partial charge on any atom is -0.309 e. The van der Waals surface area contributed by atoms with E-state index in [9.17, 15) is 8.78 Å². The van der Waals surface area contributed by atoms with Gasteiger partial charge in [-0.1, -0.05) is 15.9 Å². The van der Waals surface area contributed by atoms with Gasteiger partial charge in [-0.15, -0.1) is 0 Å². The van der Waals surface area contributed by atoms with Gasteiger partial charge in [-0.25, -0.2) is 8.78 Å². The molecule has 0 spiro atoms. The molecule has 0 bridgehead atoms. The first kappa shape index (κ1) is 14.6. The molecule has 0 heterocycles. The molecule has 2 aromatic carbocycles. The Bertz CT molecular complexity index is 665. The zero-order valence-electron chi connectivity index (χ0n) is 10.5. The molecule has 0 amide bonds. The monoisotopic (exact) mass is 336 g/mol. The standard InChI is InChI=1S/C15H11BrF2N2/c16-15-4-3-14(18)6-12(15)9-20-8-11-5-13(17)2-1-10(11)7-19/h1-6,20H,8-9H2. The highest BCUT2D eigenvalue weighted by Gasteiger charge is 2.05. The SMILES string of the molecule is N#Cc1ccc(F)cc1CNCc1cc(F)ccc1Br. The molecular weight excluding hydrogens is 326 g/mol. The zero-order chi connectivity index (χ0) is 14.5. The Morgan fingerprint density at radius 3 is 2.30 bits per heavy atom. The molecule has 0 atom stereocenters. The van der Waals surface area contributed by atoms with Crippen LogP contribution in [0.15, 0.2) is 40.9 Å². The number of hydrogen-bond acceptors (Lipinski definition) is 2. The van der Waals surface area contributed by atoms with Crippen molar-refractivity contribution in [3.8, 4) is 6.07 Å². The van der Waals surface area contributed by atoms with Crippen molar-refractivity contribution >= 4 is 15.9 Å². The summed E-state index contributed by atoms with van der Waals surface area (Å²) in [4.78, 5) is 0. The van der Waals surface area contributed by atoms with E-state index < -0.39 is 0 Å². The molecule has 0 radical (unpaired) electrons. The van der Waals surface area contributed by atoms with E-state index in [2.05, 4.69) is 21.2 Å². The van der Waals surface area contributed by atoms with Crippen LogP contribution in [0.25, 0.3) is 0 Å². The smallest absolute Gasteiger partial charge is 0.123 e.